The normalized spacial score (nSPS) is 18.3. The van der Waals surface area contributed by atoms with E-state index in [1.807, 2.05) is 39.0 Å². The summed E-state index contributed by atoms with van der Waals surface area (Å²) in [5, 5.41) is 3.05. The van der Waals surface area contributed by atoms with Crippen LogP contribution in [-0.4, -0.2) is 38.3 Å². The molecule has 0 aliphatic carbocycles. The molecule has 1 aliphatic heterocycles. The van der Waals surface area contributed by atoms with Crippen molar-refractivity contribution in [3.05, 3.63) is 59.2 Å². The Labute approximate surface area is 166 Å². The standard InChI is InChI=1S/C21H26N2O4S/c1-14-9-10-17-18(13-21(2,3)27-19(17)11-14)22-20(24)15-7-6-8-16(12-15)28(25,26)23(4)5/h6-12,18H,13H2,1-5H3,(H,22,24)/t18-/m0/s1. The number of carbonyl (C=O) groups excluding carboxylic acids is 1. The van der Waals surface area contributed by atoms with Crippen molar-refractivity contribution in [3.63, 3.8) is 0 Å². The molecule has 1 aliphatic rings. The summed E-state index contributed by atoms with van der Waals surface area (Å²) in [4.78, 5) is 13.0. The number of ether oxygens (including phenoxy) is 1. The lowest BCUT2D eigenvalue weighted by Gasteiger charge is -2.38. The van der Waals surface area contributed by atoms with Gasteiger partial charge in [-0.15, -0.1) is 0 Å². The first-order valence-corrected chi connectivity index (χ1v) is 10.6. The van der Waals surface area contributed by atoms with Gasteiger partial charge in [-0.2, -0.15) is 0 Å². The van der Waals surface area contributed by atoms with E-state index in [0.29, 0.717) is 12.0 Å². The molecule has 28 heavy (non-hydrogen) atoms. The molecule has 1 amide bonds. The molecule has 0 radical (unpaired) electrons. The van der Waals surface area contributed by atoms with E-state index < -0.39 is 15.6 Å². The lowest BCUT2D eigenvalue weighted by molar-refractivity contribution is 0.0619. The molecule has 1 atom stereocenters. The molecule has 0 unspecified atom stereocenters. The van der Waals surface area contributed by atoms with E-state index in [9.17, 15) is 13.2 Å². The van der Waals surface area contributed by atoms with Crippen molar-refractivity contribution in [1.29, 1.82) is 0 Å². The van der Waals surface area contributed by atoms with Gasteiger partial charge in [0.15, 0.2) is 0 Å². The second kappa shape index (κ2) is 7.22. The molecule has 2 aromatic carbocycles. The predicted octanol–water partition coefficient (Wildman–Crippen LogP) is 3.28. The van der Waals surface area contributed by atoms with Gasteiger partial charge in [-0.3, -0.25) is 4.79 Å². The molecule has 6 nitrogen and oxygen atoms in total. The van der Waals surface area contributed by atoms with Gasteiger partial charge in [0.05, 0.1) is 10.9 Å². The zero-order valence-corrected chi connectivity index (χ0v) is 17.6. The quantitative estimate of drug-likeness (QED) is 0.852. The van der Waals surface area contributed by atoms with Crippen molar-refractivity contribution < 1.29 is 17.9 Å². The first-order valence-electron chi connectivity index (χ1n) is 9.13. The van der Waals surface area contributed by atoms with Crippen molar-refractivity contribution in [1.82, 2.24) is 9.62 Å². The number of sulfonamides is 1. The number of aryl methyl sites for hydroxylation is 1. The van der Waals surface area contributed by atoms with Crippen molar-refractivity contribution in [2.75, 3.05) is 14.1 Å². The number of carbonyl (C=O) groups is 1. The Bertz CT molecular complexity index is 1010. The van der Waals surface area contributed by atoms with E-state index in [-0.39, 0.29) is 16.8 Å². The van der Waals surface area contributed by atoms with Crippen molar-refractivity contribution in [2.45, 2.75) is 43.7 Å². The van der Waals surface area contributed by atoms with Crippen LogP contribution in [0.3, 0.4) is 0 Å². The van der Waals surface area contributed by atoms with Crippen LogP contribution in [0.4, 0.5) is 0 Å². The molecule has 0 aromatic heterocycles. The fourth-order valence-corrected chi connectivity index (χ4v) is 4.29. The predicted molar refractivity (Wildman–Crippen MR) is 108 cm³/mol. The van der Waals surface area contributed by atoms with Crippen LogP contribution in [0.15, 0.2) is 47.4 Å². The lowest BCUT2D eigenvalue weighted by atomic mass is 9.89. The third-order valence-electron chi connectivity index (χ3n) is 4.81. The maximum atomic E-state index is 12.9. The van der Waals surface area contributed by atoms with Gasteiger partial charge in [0, 0.05) is 31.6 Å². The summed E-state index contributed by atoms with van der Waals surface area (Å²) in [5.41, 5.74) is 1.90. The first-order chi connectivity index (χ1) is 13.0. The van der Waals surface area contributed by atoms with Crippen LogP contribution in [-0.2, 0) is 10.0 Å². The average Bonchev–Trinajstić information content (AvgIpc) is 2.60. The van der Waals surface area contributed by atoms with Gasteiger partial charge in [-0.25, -0.2) is 12.7 Å². The van der Waals surface area contributed by atoms with Crippen molar-refractivity contribution >= 4 is 15.9 Å². The molecule has 0 bridgehead atoms. The fourth-order valence-electron chi connectivity index (χ4n) is 3.34. The number of nitrogens with one attached hydrogen (secondary N) is 1. The number of amides is 1. The van der Waals surface area contributed by atoms with Crippen molar-refractivity contribution in [3.8, 4) is 5.75 Å². The Balaban J connectivity index is 1.90. The van der Waals surface area contributed by atoms with Gasteiger partial charge in [-0.05, 0) is 50.6 Å². The lowest BCUT2D eigenvalue weighted by Crippen LogP contribution is -2.41. The molecule has 2 aromatic rings. The number of benzene rings is 2. The van der Waals surface area contributed by atoms with Crippen LogP contribution in [0, 0.1) is 6.92 Å². The molecule has 150 valence electrons. The summed E-state index contributed by atoms with van der Waals surface area (Å²) in [6.45, 7) is 5.97. The second-order valence-electron chi connectivity index (χ2n) is 7.95. The number of nitrogens with zero attached hydrogens (tertiary/aromatic N) is 1. The molecule has 1 N–H and O–H groups in total. The zero-order chi connectivity index (χ0) is 20.7. The Hall–Kier alpha value is -2.38. The zero-order valence-electron chi connectivity index (χ0n) is 16.8. The second-order valence-corrected chi connectivity index (χ2v) is 10.1. The molecular formula is C21H26N2O4S. The molecule has 7 heteroatoms. The van der Waals surface area contributed by atoms with Crippen LogP contribution in [0.2, 0.25) is 0 Å². The fraction of sp³-hybridized carbons (Fsp3) is 0.381. The maximum Gasteiger partial charge on any atom is 0.251 e. The summed E-state index contributed by atoms with van der Waals surface area (Å²) in [6.07, 6.45) is 0.616. The first kappa shape index (κ1) is 20.4. The summed E-state index contributed by atoms with van der Waals surface area (Å²) in [7, 11) is -0.678. The van der Waals surface area contributed by atoms with Gasteiger partial charge in [0.25, 0.3) is 5.91 Å². The van der Waals surface area contributed by atoms with Crippen molar-refractivity contribution in [2.24, 2.45) is 0 Å². The smallest absolute Gasteiger partial charge is 0.251 e. The van der Waals surface area contributed by atoms with E-state index in [1.54, 1.807) is 12.1 Å². The number of fused-ring (bicyclic) bond motifs is 1. The van der Waals surface area contributed by atoms with Gasteiger partial charge in [-0.1, -0.05) is 18.2 Å². The Kier molecular flexibility index (Phi) is 5.25. The van der Waals surface area contributed by atoms with E-state index in [4.69, 9.17) is 4.74 Å². The Morgan fingerprint density at radius 2 is 1.89 bits per heavy atom. The molecule has 0 saturated heterocycles. The van der Waals surface area contributed by atoms with E-state index in [0.717, 1.165) is 21.2 Å². The van der Waals surface area contributed by atoms with Crippen LogP contribution >= 0.6 is 0 Å². The van der Waals surface area contributed by atoms with E-state index in [1.165, 1.54) is 26.2 Å². The number of hydrogen-bond acceptors (Lipinski definition) is 4. The number of hydrogen-bond donors (Lipinski definition) is 1. The largest absolute Gasteiger partial charge is 0.487 e. The average molecular weight is 403 g/mol. The highest BCUT2D eigenvalue weighted by atomic mass is 32.2. The number of rotatable bonds is 4. The Morgan fingerprint density at radius 3 is 2.57 bits per heavy atom. The summed E-state index contributed by atoms with van der Waals surface area (Å²) >= 11 is 0. The Morgan fingerprint density at radius 1 is 1.18 bits per heavy atom. The highest BCUT2D eigenvalue weighted by Gasteiger charge is 2.34. The summed E-state index contributed by atoms with van der Waals surface area (Å²) in [6, 6.07) is 11.8. The third kappa shape index (κ3) is 4.05. The molecule has 0 spiro atoms. The molecule has 0 saturated carbocycles. The van der Waals surface area contributed by atoms with Crippen LogP contribution in [0.1, 0.15) is 47.8 Å². The molecule has 0 fully saturated rings. The van der Waals surface area contributed by atoms with Gasteiger partial charge in [0.1, 0.15) is 11.4 Å². The van der Waals surface area contributed by atoms with Gasteiger partial charge >= 0.3 is 0 Å². The molecular weight excluding hydrogens is 376 g/mol. The summed E-state index contributed by atoms with van der Waals surface area (Å²) in [5.74, 6) is 0.454. The molecule has 3 rings (SSSR count). The topological polar surface area (TPSA) is 75.7 Å². The summed E-state index contributed by atoms with van der Waals surface area (Å²) < 4.78 is 31.9. The van der Waals surface area contributed by atoms with Crippen LogP contribution in [0.5, 0.6) is 5.75 Å². The minimum Gasteiger partial charge on any atom is -0.487 e. The maximum absolute atomic E-state index is 12.9. The third-order valence-corrected chi connectivity index (χ3v) is 6.62. The minimum atomic E-state index is -3.60. The minimum absolute atomic E-state index is 0.0912. The van der Waals surface area contributed by atoms with E-state index >= 15 is 0 Å². The molecule has 1 heterocycles. The van der Waals surface area contributed by atoms with Crippen LogP contribution < -0.4 is 10.1 Å². The highest BCUT2D eigenvalue weighted by molar-refractivity contribution is 7.89. The van der Waals surface area contributed by atoms with Crippen LogP contribution in [0.25, 0.3) is 0 Å². The SMILES string of the molecule is Cc1ccc2c(c1)OC(C)(C)C[C@@H]2NC(=O)c1cccc(S(=O)(=O)N(C)C)c1. The van der Waals surface area contributed by atoms with Gasteiger partial charge in [0.2, 0.25) is 10.0 Å². The highest BCUT2D eigenvalue weighted by Crippen LogP contribution is 2.40. The van der Waals surface area contributed by atoms with Gasteiger partial charge < -0.3 is 10.1 Å². The monoisotopic (exact) mass is 402 g/mol. The van der Waals surface area contributed by atoms with E-state index in [2.05, 4.69) is 5.32 Å².